The first-order valence-corrected chi connectivity index (χ1v) is 16.2. The van der Waals surface area contributed by atoms with Gasteiger partial charge in [-0.15, -0.1) is 0 Å². The second-order valence-corrected chi connectivity index (χ2v) is 14.2. The number of benzene rings is 2. The largest absolute Gasteiger partial charge is 0.611 e. The van der Waals surface area contributed by atoms with Gasteiger partial charge in [0.25, 0.3) is 5.91 Å². The molecule has 2 aromatic carbocycles. The van der Waals surface area contributed by atoms with Gasteiger partial charge >= 0.3 is 0 Å². The molecular weight excluding hydrogens is 572 g/mol. The Bertz CT molecular complexity index is 1480. The number of ether oxygens (including phenoxy) is 1. The van der Waals surface area contributed by atoms with E-state index >= 15 is 0 Å². The molecule has 3 fully saturated rings. The van der Waals surface area contributed by atoms with Crippen LogP contribution in [-0.2, 0) is 17.7 Å². The van der Waals surface area contributed by atoms with Crippen LogP contribution in [0.2, 0.25) is 5.02 Å². The normalized spacial score (nSPS) is 22.0. The van der Waals surface area contributed by atoms with Crippen LogP contribution in [0.3, 0.4) is 0 Å². The summed E-state index contributed by atoms with van der Waals surface area (Å²) in [5.74, 6) is 1.93. The standard InChI is InChI=1S/C31H37ClN6O3S/c1-18(2)41-27-13-21-16-38(26-17-37-11-9-20(26)10-12-37)30(39)22(21)14-25(27)35-31-33-15-23(32)29(36-31)34-24-7-5-6-8-28(24)42(40)19(3)4/h5-8,13-15,18-20,26H,9-12,16-17H2,1-4H3,(H2,33,34,35,36)/t26-,42?/m1/s1. The molecule has 4 aliphatic heterocycles. The second-order valence-electron chi connectivity index (χ2n) is 11.8. The molecule has 7 rings (SSSR count). The third kappa shape index (κ3) is 5.77. The minimum absolute atomic E-state index is 0.0466. The maximum absolute atomic E-state index is 13.7. The van der Waals surface area contributed by atoms with Gasteiger partial charge in [0.05, 0.1) is 23.7 Å². The van der Waals surface area contributed by atoms with Gasteiger partial charge in [-0.05, 0) is 101 Å². The fraction of sp³-hybridized carbons (Fsp3) is 0.452. The van der Waals surface area contributed by atoms with E-state index in [1.54, 1.807) is 0 Å². The van der Waals surface area contributed by atoms with Crippen molar-refractivity contribution in [3.8, 4) is 5.75 Å². The SMILES string of the molecule is CC(C)Oc1cc2c(cc1Nc1ncc(Cl)c(Nc3ccccc3[S+]([O-])C(C)C)n1)C(=O)N([C@@H]1CN3CCC1CC3)C2. The molecule has 2 N–H and O–H groups in total. The van der Waals surface area contributed by atoms with Crippen molar-refractivity contribution in [1.29, 1.82) is 0 Å². The molecule has 3 aromatic rings. The number of rotatable bonds is 9. The van der Waals surface area contributed by atoms with Gasteiger partial charge in [0.1, 0.15) is 16.0 Å². The summed E-state index contributed by atoms with van der Waals surface area (Å²) in [6.07, 6.45) is 3.75. The number of piperidine rings is 3. The van der Waals surface area contributed by atoms with Crippen LogP contribution in [0.15, 0.2) is 47.5 Å². The fourth-order valence-corrected chi connectivity index (χ4v) is 7.32. The van der Waals surface area contributed by atoms with Crippen LogP contribution in [0, 0.1) is 5.92 Å². The highest BCUT2D eigenvalue weighted by Gasteiger charge is 2.42. The molecule has 1 amide bonds. The fourth-order valence-electron chi connectivity index (χ4n) is 6.13. The lowest BCUT2D eigenvalue weighted by molar-refractivity contribution is 0.00845. The van der Waals surface area contributed by atoms with Crippen LogP contribution >= 0.6 is 11.6 Å². The number of fused-ring (bicyclic) bond motifs is 4. The number of carbonyl (C=O) groups is 1. The summed E-state index contributed by atoms with van der Waals surface area (Å²) in [6.45, 7) is 11.6. The molecule has 1 aromatic heterocycles. The molecule has 0 aliphatic carbocycles. The molecule has 9 nitrogen and oxygen atoms in total. The maximum Gasteiger partial charge on any atom is 0.254 e. The van der Waals surface area contributed by atoms with Crippen molar-refractivity contribution in [1.82, 2.24) is 19.8 Å². The number of hydrogen-bond acceptors (Lipinski definition) is 8. The van der Waals surface area contributed by atoms with Gasteiger partial charge in [0.15, 0.2) is 10.7 Å². The van der Waals surface area contributed by atoms with E-state index in [4.69, 9.17) is 16.3 Å². The zero-order valence-electron chi connectivity index (χ0n) is 24.4. The molecule has 0 radical (unpaired) electrons. The molecule has 2 bridgehead atoms. The number of hydrogen-bond donors (Lipinski definition) is 2. The van der Waals surface area contributed by atoms with E-state index in [1.165, 1.54) is 6.20 Å². The molecule has 42 heavy (non-hydrogen) atoms. The second kappa shape index (κ2) is 11.9. The molecule has 0 spiro atoms. The van der Waals surface area contributed by atoms with Gasteiger partial charge in [0.2, 0.25) is 5.95 Å². The van der Waals surface area contributed by atoms with E-state index < -0.39 is 11.2 Å². The monoisotopic (exact) mass is 608 g/mol. The first kappa shape index (κ1) is 29.0. The lowest BCUT2D eigenvalue weighted by Crippen LogP contribution is -2.57. The van der Waals surface area contributed by atoms with Gasteiger partial charge in [-0.25, -0.2) is 4.98 Å². The van der Waals surface area contributed by atoms with Crippen LogP contribution in [-0.4, -0.2) is 67.3 Å². The lowest BCUT2D eigenvalue weighted by Gasteiger charge is -2.48. The van der Waals surface area contributed by atoms with Crippen molar-refractivity contribution in [2.24, 2.45) is 5.92 Å². The summed E-state index contributed by atoms with van der Waals surface area (Å²) < 4.78 is 19.1. The van der Waals surface area contributed by atoms with Gasteiger partial charge < -0.3 is 29.7 Å². The minimum Gasteiger partial charge on any atom is -0.611 e. The number of carbonyl (C=O) groups excluding carboxylic acids is 1. The highest BCUT2D eigenvalue weighted by atomic mass is 35.5. The number of nitrogens with one attached hydrogen (secondary N) is 2. The Morgan fingerprint density at radius 2 is 1.86 bits per heavy atom. The molecule has 2 atom stereocenters. The van der Waals surface area contributed by atoms with Crippen LogP contribution < -0.4 is 15.4 Å². The van der Waals surface area contributed by atoms with Crippen molar-refractivity contribution in [2.45, 2.75) is 69.4 Å². The Kier molecular flexibility index (Phi) is 8.24. The van der Waals surface area contributed by atoms with Gasteiger partial charge in [-0.2, -0.15) is 4.98 Å². The van der Waals surface area contributed by atoms with E-state index in [2.05, 4.69) is 30.4 Å². The van der Waals surface area contributed by atoms with E-state index in [1.807, 2.05) is 64.1 Å². The van der Waals surface area contributed by atoms with Crippen molar-refractivity contribution < 1.29 is 14.1 Å². The van der Waals surface area contributed by atoms with Crippen molar-refractivity contribution in [3.05, 3.63) is 58.7 Å². The Hall–Kier alpha value is -3.05. The lowest BCUT2D eigenvalue weighted by atomic mass is 9.83. The Balaban J connectivity index is 1.28. The molecule has 0 saturated carbocycles. The molecule has 4 aliphatic rings. The third-order valence-electron chi connectivity index (χ3n) is 8.20. The number of para-hydroxylation sites is 1. The number of amides is 1. The first-order chi connectivity index (χ1) is 20.2. The Labute approximate surface area is 255 Å². The summed E-state index contributed by atoms with van der Waals surface area (Å²) in [6, 6.07) is 11.5. The van der Waals surface area contributed by atoms with Crippen LogP contribution in [0.25, 0.3) is 0 Å². The van der Waals surface area contributed by atoms with Crippen molar-refractivity contribution >= 4 is 51.8 Å². The average Bonchev–Trinajstić information content (AvgIpc) is 3.29. The first-order valence-electron chi connectivity index (χ1n) is 14.6. The molecule has 5 heterocycles. The minimum atomic E-state index is -1.20. The predicted octanol–water partition coefficient (Wildman–Crippen LogP) is 5.97. The summed E-state index contributed by atoms with van der Waals surface area (Å²) in [4.78, 5) is 27.9. The predicted molar refractivity (Wildman–Crippen MR) is 167 cm³/mol. The topological polar surface area (TPSA) is 106 Å². The molecule has 222 valence electrons. The third-order valence-corrected chi connectivity index (χ3v) is 10.1. The van der Waals surface area contributed by atoms with E-state index in [0.29, 0.717) is 50.9 Å². The summed E-state index contributed by atoms with van der Waals surface area (Å²) >= 11 is 5.28. The summed E-state index contributed by atoms with van der Waals surface area (Å²) in [5, 5.41) is 6.79. The van der Waals surface area contributed by atoms with Gasteiger partial charge in [-0.1, -0.05) is 23.7 Å². The van der Waals surface area contributed by atoms with Crippen LogP contribution in [0.4, 0.5) is 23.1 Å². The Morgan fingerprint density at radius 1 is 1.10 bits per heavy atom. The average molecular weight is 609 g/mol. The van der Waals surface area contributed by atoms with E-state index in [0.717, 1.165) is 38.0 Å². The highest BCUT2D eigenvalue weighted by Crippen LogP contribution is 2.40. The molecule has 1 unspecified atom stereocenters. The quantitative estimate of drug-likeness (QED) is 0.286. The van der Waals surface area contributed by atoms with Gasteiger partial charge in [-0.3, -0.25) is 4.79 Å². The highest BCUT2D eigenvalue weighted by molar-refractivity contribution is 7.92. The van der Waals surface area contributed by atoms with E-state index in [9.17, 15) is 9.35 Å². The number of anilines is 4. The van der Waals surface area contributed by atoms with Crippen molar-refractivity contribution in [2.75, 3.05) is 30.3 Å². The summed E-state index contributed by atoms with van der Waals surface area (Å²) in [7, 11) is 0. The zero-order valence-corrected chi connectivity index (χ0v) is 26.0. The molecule has 11 heteroatoms. The van der Waals surface area contributed by atoms with Crippen molar-refractivity contribution in [3.63, 3.8) is 0 Å². The number of nitrogens with zero attached hydrogens (tertiary/aromatic N) is 4. The molecular formula is C31H37ClN6O3S. The molecule has 3 saturated heterocycles. The number of halogens is 1. The van der Waals surface area contributed by atoms with E-state index in [-0.39, 0.29) is 29.3 Å². The van der Waals surface area contributed by atoms with Gasteiger partial charge in [0, 0.05) is 24.7 Å². The smallest absolute Gasteiger partial charge is 0.254 e. The summed E-state index contributed by atoms with van der Waals surface area (Å²) in [5.41, 5.74) is 2.94. The Morgan fingerprint density at radius 3 is 2.55 bits per heavy atom. The van der Waals surface area contributed by atoms with Crippen LogP contribution in [0.5, 0.6) is 5.75 Å². The van der Waals surface area contributed by atoms with Crippen LogP contribution in [0.1, 0.15) is 56.5 Å². The number of aromatic nitrogens is 2. The zero-order chi connectivity index (χ0) is 29.5. The maximum atomic E-state index is 13.7.